The van der Waals surface area contributed by atoms with E-state index < -0.39 is 17.4 Å². The third kappa shape index (κ3) is 8.26. The molecule has 0 unspecified atom stereocenters. The van der Waals surface area contributed by atoms with Crippen LogP contribution in [0.3, 0.4) is 0 Å². The summed E-state index contributed by atoms with van der Waals surface area (Å²) in [6, 6.07) is 20.0. The number of carbonyl (C=O) groups excluding carboxylic acids is 1. The minimum Gasteiger partial charge on any atom is -0.550 e. The molecule has 1 saturated carbocycles. The number of rotatable bonds is 12. The Balaban J connectivity index is 0.00000405. The molecule has 0 spiro atoms. The first kappa shape index (κ1) is 33.2. The molecule has 2 aromatic heterocycles. The van der Waals surface area contributed by atoms with Crippen molar-refractivity contribution in [1.29, 1.82) is 0 Å². The number of pyridine rings is 1. The zero-order chi connectivity index (χ0) is 29.2. The van der Waals surface area contributed by atoms with Crippen LogP contribution >= 0.6 is 34.7 Å². The minimum atomic E-state index is -0.984. The van der Waals surface area contributed by atoms with Crippen molar-refractivity contribution in [2.45, 2.75) is 56.8 Å². The van der Waals surface area contributed by atoms with Gasteiger partial charge in [-0.2, -0.15) is 11.8 Å². The number of hydrogen-bond donors (Lipinski definition) is 1. The van der Waals surface area contributed by atoms with Gasteiger partial charge in [-0.05, 0) is 97.6 Å². The summed E-state index contributed by atoms with van der Waals surface area (Å²) >= 11 is 8.92. The number of aliphatic hydroxyl groups is 1. The molecular formula is C33H32ClFNNaO3S2. The molecular weight excluding hydrogens is 600 g/mol. The van der Waals surface area contributed by atoms with E-state index >= 15 is 0 Å². The Morgan fingerprint density at radius 1 is 1.19 bits per heavy atom. The number of thiophene rings is 1. The normalized spacial score (nSPS) is 15.1. The molecule has 0 aliphatic heterocycles. The summed E-state index contributed by atoms with van der Waals surface area (Å²) in [6.45, 7) is 3.61. The van der Waals surface area contributed by atoms with Crippen molar-refractivity contribution in [3.05, 3.63) is 98.8 Å². The van der Waals surface area contributed by atoms with Crippen LogP contribution in [-0.4, -0.2) is 21.8 Å². The molecule has 2 heterocycles. The largest absolute Gasteiger partial charge is 1.00 e. The predicted octanol–water partition coefficient (Wildman–Crippen LogP) is 4.82. The fourth-order valence-electron chi connectivity index (χ4n) is 5.17. The first-order chi connectivity index (χ1) is 19.5. The Morgan fingerprint density at radius 2 is 1.95 bits per heavy atom. The summed E-state index contributed by atoms with van der Waals surface area (Å²) < 4.78 is 15.1. The number of benzene rings is 2. The predicted molar refractivity (Wildman–Crippen MR) is 166 cm³/mol. The Kier molecular flexibility index (Phi) is 11.0. The van der Waals surface area contributed by atoms with Crippen molar-refractivity contribution in [3.8, 4) is 0 Å². The molecule has 4 nitrogen and oxygen atoms in total. The Bertz CT molecular complexity index is 1600. The topological polar surface area (TPSA) is 73.2 Å². The second-order valence-corrected chi connectivity index (χ2v) is 14.2. The smallest absolute Gasteiger partial charge is 0.550 e. The molecule has 0 amide bonds. The zero-order valence-corrected chi connectivity index (χ0v) is 28.4. The van der Waals surface area contributed by atoms with Crippen LogP contribution in [0.15, 0.2) is 60.7 Å². The van der Waals surface area contributed by atoms with E-state index in [-0.39, 0.29) is 56.5 Å². The Morgan fingerprint density at radius 3 is 2.67 bits per heavy atom. The Labute approximate surface area is 281 Å². The van der Waals surface area contributed by atoms with Gasteiger partial charge in [0, 0.05) is 11.2 Å². The standard InChI is InChI=1S/C33H33ClFNO3S2.Na/c1-32(2,39)25-9-4-3-7-22(25)11-14-26(40-20-33(16-17-33)19-28(37)38)23-8-5-6-21(18-23)10-12-24-13-15-27-30(36-24)29(35)31(34)41-27;/h3-10,12-13,15,18,26,39H,11,14,16-17,19-20H2,1-2H3,(H,37,38);/q;+1/p-1/t26-;/m1./s1. The molecule has 5 rings (SSSR count). The monoisotopic (exact) mass is 631 g/mol. The van der Waals surface area contributed by atoms with Gasteiger partial charge in [-0.25, -0.2) is 9.37 Å². The fraction of sp³-hybridized carbons (Fsp3) is 0.333. The van der Waals surface area contributed by atoms with Crippen LogP contribution in [0, 0.1) is 11.2 Å². The maximum absolute atomic E-state index is 14.3. The molecule has 1 aliphatic carbocycles. The summed E-state index contributed by atoms with van der Waals surface area (Å²) in [7, 11) is 0. The first-order valence-corrected chi connectivity index (χ1v) is 15.9. The van der Waals surface area contributed by atoms with Crippen molar-refractivity contribution in [3.63, 3.8) is 0 Å². The van der Waals surface area contributed by atoms with Crippen molar-refractivity contribution in [1.82, 2.24) is 4.98 Å². The molecule has 1 aliphatic rings. The van der Waals surface area contributed by atoms with Crippen LogP contribution in [0.25, 0.3) is 22.4 Å². The van der Waals surface area contributed by atoms with Crippen molar-refractivity contribution in [2.75, 3.05) is 5.75 Å². The SMILES string of the molecule is CC(C)(O)c1ccccc1CC[C@@H](SCC1(CC(=O)[O-])CC1)c1cccc(C=Cc2ccc3sc(Cl)c(F)c3n2)c1.[Na+]. The molecule has 1 atom stereocenters. The van der Waals surface area contributed by atoms with Gasteiger partial charge >= 0.3 is 29.6 Å². The van der Waals surface area contributed by atoms with E-state index in [0.29, 0.717) is 10.4 Å². The molecule has 1 fully saturated rings. The van der Waals surface area contributed by atoms with Crippen LogP contribution in [0.2, 0.25) is 4.34 Å². The number of fused-ring (bicyclic) bond motifs is 1. The number of aromatic nitrogens is 1. The second kappa shape index (κ2) is 13.9. The number of carboxylic acids is 1. The van der Waals surface area contributed by atoms with Gasteiger partial charge < -0.3 is 15.0 Å². The van der Waals surface area contributed by atoms with Gasteiger partial charge in [-0.3, -0.25) is 0 Å². The third-order valence-electron chi connectivity index (χ3n) is 7.61. The van der Waals surface area contributed by atoms with Crippen LogP contribution in [0.1, 0.15) is 72.7 Å². The van der Waals surface area contributed by atoms with Gasteiger partial charge in [0.05, 0.1) is 16.0 Å². The summed E-state index contributed by atoms with van der Waals surface area (Å²) in [5, 5.41) is 22.2. The van der Waals surface area contributed by atoms with Crippen molar-refractivity contribution in [2.24, 2.45) is 5.41 Å². The molecule has 0 saturated heterocycles. The van der Waals surface area contributed by atoms with Gasteiger partial charge in [0.1, 0.15) is 9.85 Å². The number of aryl methyl sites for hydroxylation is 1. The molecule has 1 N–H and O–H groups in total. The van der Waals surface area contributed by atoms with Gasteiger partial charge in [0.2, 0.25) is 0 Å². The van der Waals surface area contributed by atoms with E-state index in [1.807, 2.05) is 54.6 Å². The summed E-state index contributed by atoms with van der Waals surface area (Å²) in [4.78, 5) is 15.8. The molecule has 4 aromatic rings. The minimum absolute atomic E-state index is 0. The summed E-state index contributed by atoms with van der Waals surface area (Å²) in [5.74, 6) is -0.707. The third-order valence-corrected chi connectivity index (χ3v) is 10.6. The van der Waals surface area contributed by atoms with Gasteiger partial charge in [-0.1, -0.05) is 66.2 Å². The van der Waals surface area contributed by atoms with E-state index in [2.05, 4.69) is 23.2 Å². The average molecular weight is 632 g/mol. The number of hydrogen-bond acceptors (Lipinski definition) is 6. The van der Waals surface area contributed by atoms with Gasteiger partial charge in [0.15, 0.2) is 5.82 Å². The summed E-state index contributed by atoms with van der Waals surface area (Å²) in [5.41, 5.74) is 3.99. The van der Waals surface area contributed by atoms with Gasteiger partial charge in [-0.15, -0.1) is 11.3 Å². The zero-order valence-electron chi connectivity index (χ0n) is 24.0. The van der Waals surface area contributed by atoms with E-state index in [4.69, 9.17) is 11.6 Å². The van der Waals surface area contributed by atoms with Crippen molar-refractivity contribution >= 4 is 63.0 Å². The number of aliphatic carboxylic acids is 1. The van der Waals surface area contributed by atoms with Gasteiger partial charge in [0.25, 0.3) is 0 Å². The molecule has 0 radical (unpaired) electrons. The number of carboxylic acid groups (broad SMARTS) is 1. The molecule has 42 heavy (non-hydrogen) atoms. The second-order valence-electron chi connectivity index (χ2n) is 11.4. The van der Waals surface area contributed by atoms with Crippen molar-refractivity contribution < 1.29 is 49.0 Å². The van der Waals surface area contributed by atoms with E-state index in [0.717, 1.165) is 53.7 Å². The Hall–Kier alpha value is -1.71. The number of carbonyl (C=O) groups is 1. The first-order valence-electron chi connectivity index (χ1n) is 13.7. The maximum atomic E-state index is 14.3. The number of thioether (sulfide) groups is 1. The van der Waals surface area contributed by atoms with Crippen LogP contribution < -0.4 is 34.7 Å². The fourth-order valence-corrected chi connectivity index (χ4v) is 7.83. The molecule has 2 aromatic carbocycles. The molecule has 9 heteroatoms. The quantitative estimate of drug-likeness (QED) is 0.227. The van der Waals surface area contributed by atoms with E-state index in [1.165, 1.54) is 11.3 Å². The molecule has 0 bridgehead atoms. The summed E-state index contributed by atoms with van der Waals surface area (Å²) in [6.07, 6.45) is 7.38. The van der Waals surface area contributed by atoms with E-state index in [1.54, 1.807) is 25.6 Å². The number of nitrogens with zero attached hydrogens (tertiary/aromatic N) is 1. The number of halogens is 2. The van der Waals surface area contributed by atoms with Crippen LogP contribution in [0.5, 0.6) is 0 Å². The average Bonchev–Trinajstić information content (AvgIpc) is 3.63. The van der Waals surface area contributed by atoms with E-state index in [9.17, 15) is 19.4 Å². The maximum Gasteiger partial charge on any atom is 1.00 e. The van der Waals surface area contributed by atoms with Crippen LogP contribution in [-0.2, 0) is 16.8 Å². The molecule has 214 valence electrons. The van der Waals surface area contributed by atoms with Crippen LogP contribution in [0.4, 0.5) is 4.39 Å².